The predicted octanol–water partition coefficient (Wildman–Crippen LogP) is 2.84. The highest BCUT2D eigenvalue weighted by Gasteiger charge is 2.17. The lowest BCUT2D eigenvalue weighted by molar-refractivity contribution is 0.669. The van der Waals surface area contributed by atoms with Crippen molar-refractivity contribution in [1.29, 1.82) is 0 Å². The molecule has 0 spiro atoms. The van der Waals surface area contributed by atoms with Crippen LogP contribution in [0, 0.1) is 0 Å². The summed E-state index contributed by atoms with van der Waals surface area (Å²) >= 11 is 0. The number of benzene rings is 1. The van der Waals surface area contributed by atoms with Gasteiger partial charge in [0.15, 0.2) is 5.58 Å². The fourth-order valence-electron chi connectivity index (χ4n) is 2.99. The molecular formula is C15H11N5O. The Hall–Kier alpha value is -2.89. The number of nitrogens with zero attached hydrogens (tertiary/aromatic N) is 5. The molecule has 4 aromatic heterocycles. The fourth-order valence-corrected chi connectivity index (χ4v) is 2.99. The van der Waals surface area contributed by atoms with Crippen LogP contribution in [0.25, 0.3) is 33.2 Å². The van der Waals surface area contributed by atoms with Gasteiger partial charge in [-0.3, -0.25) is 4.40 Å². The molecule has 102 valence electrons. The highest BCUT2D eigenvalue weighted by molar-refractivity contribution is 6.06. The zero-order valence-electron chi connectivity index (χ0n) is 11.3. The first-order valence-electron chi connectivity index (χ1n) is 6.88. The topological polar surface area (TPSA) is 60.6 Å². The Labute approximate surface area is 118 Å². The molecule has 0 N–H and O–H groups in total. The van der Waals surface area contributed by atoms with E-state index in [4.69, 9.17) is 4.42 Å². The van der Waals surface area contributed by atoms with Crippen molar-refractivity contribution in [2.75, 3.05) is 0 Å². The largest absolute Gasteiger partial charge is 0.454 e. The van der Waals surface area contributed by atoms with Gasteiger partial charge in [-0.25, -0.2) is 0 Å². The Morgan fingerprint density at radius 2 is 2.10 bits per heavy atom. The van der Waals surface area contributed by atoms with Gasteiger partial charge in [-0.05, 0) is 12.1 Å². The maximum Gasteiger partial charge on any atom is 0.201 e. The molecule has 0 unspecified atom stereocenters. The molecule has 0 saturated heterocycles. The summed E-state index contributed by atoms with van der Waals surface area (Å²) in [6.07, 6.45) is 2.44. The van der Waals surface area contributed by atoms with Crippen molar-refractivity contribution >= 4 is 33.2 Å². The molecular weight excluding hydrogens is 266 g/mol. The minimum Gasteiger partial charge on any atom is -0.454 e. The van der Waals surface area contributed by atoms with Crippen molar-refractivity contribution in [2.24, 2.45) is 0 Å². The molecule has 0 atom stereocenters. The van der Waals surface area contributed by atoms with Crippen molar-refractivity contribution < 1.29 is 4.42 Å². The molecule has 6 heteroatoms. The highest BCUT2D eigenvalue weighted by Crippen LogP contribution is 2.32. The van der Waals surface area contributed by atoms with Crippen molar-refractivity contribution in [3.63, 3.8) is 0 Å². The zero-order chi connectivity index (χ0) is 14.0. The molecule has 0 amide bonds. The number of aromatic nitrogens is 5. The molecule has 1 aromatic carbocycles. The van der Waals surface area contributed by atoms with Crippen molar-refractivity contribution in [1.82, 2.24) is 24.2 Å². The van der Waals surface area contributed by atoms with Gasteiger partial charge < -0.3 is 4.42 Å². The third kappa shape index (κ3) is 1.24. The van der Waals surface area contributed by atoms with E-state index in [-0.39, 0.29) is 0 Å². The third-order valence-corrected chi connectivity index (χ3v) is 3.88. The smallest absolute Gasteiger partial charge is 0.201 e. The molecule has 0 aliphatic rings. The summed E-state index contributed by atoms with van der Waals surface area (Å²) in [5.41, 5.74) is 4.50. The summed E-state index contributed by atoms with van der Waals surface area (Å²) in [5, 5.41) is 13.8. The van der Waals surface area contributed by atoms with Crippen LogP contribution in [0.3, 0.4) is 0 Å². The second-order valence-corrected chi connectivity index (χ2v) is 5.04. The van der Waals surface area contributed by atoms with Crippen LogP contribution in [0.1, 0.15) is 12.7 Å². The van der Waals surface area contributed by atoms with Crippen LogP contribution in [0.5, 0.6) is 0 Å². The molecule has 5 aromatic rings. The Kier molecular flexibility index (Phi) is 1.86. The first kappa shape index (κ1) is 10.8. The van der Waals surface area contributed by atoms with Crippen LogP contribution < -0.4 is 0 Å². The standard InChI is InChI=1S/C15H11N5O/c1-2-13-18-19-8-16-17-15(19)10-7-12-14(20(10)13)9-5-3-4-6-11(9)21-12/h3-8H,2H2,1H3. The van der Waals surface area contributed by atoms with Gasteiger partial charge in [0.2, 0.25) is 5.65 Å². The predicted molar refractivity (Wildman–Crippen MR) is 78.4 cm³/mol. The van der Waals surface area contributed by atoms with Gasteiger partial charge in [0, 0.05) is 17.9 Å². The number of rotatable bonds is 1. The lowest BCUT2D eigenvalue weighted by Crippen LogP contribution is -2.05. The Bertz CT molecular complexity index is 1130. The van der Waals surface area contributed by atoms with E-state index in [1.54, 1.807) is 10.8 Å². The van der Waals surface area contributed by atoms with Gasteiger partial charge >= 0.3 is 0 Å². The van der Waals surface area contributed by atoms with Gasteiger partial charge in [0.25, 0.3) is 0 Å². The number of fused-ring (bicyclic) bond motifs is 7. The van der Waals surface area contributed by atoms with E-state index in [0.29, 0.717) is 0 Å². The van der Waals surface area contributed by atoms with E-state index in [1.807, 2.05) is 24.3 Å². The molecule has 0 aliphatic carbocycles. The highest BCUT2D eigenvalue weighted by atomic mass is 16.3. The minimum atomic E-state index is 0.739. The Morgan fingerprint density at radius 1 is 1.19 bits per heavy atom. The van der Waals surface area contributed by atoms with Crippen molar-refractivity contribution in [3.8, 4) is 0 Å². The molecule has 0 fully saturated rings. The van der Waals surface area contributed by atoms with Crippen molar-refractivity contribution in [3.05, 3.63) is 42.5 Å². The van der Waals surface area contributed by atoms with Gasteiger partial charge in [-0.2, -0.15) is 9.61 Å². The maximum absolute atomic E-state index is 5.96. The van der Waals surface area contributed by atoms with Gasteiger partial charge in [0.1, 0.15) is 23.3 Å². The van der Waals surface area contributed by atoms with E-state index in [2.05, 4.69) is 32.7 Å². The molecule has 0 bridgehead atoms. The number of para-hydroxylation sites is 1. The van der Waals surface area contributed by atoms with Crippen LogP contribution in [-0.4, -0.2) is 24.2 Å². The maximum atomic E-state index is 5.96. The van der Waals surface area contributed by atoms with E-state index in [9.17, 15) is 0 Å². The summed E-state index contributed by atoms with van der Waals surface area (Å²) in [7, 11) is 0. The molecule has 5 rings (SSSR count). The second kappa shape index (κ2) is 3.60. The first-order valence-corrected chi connectivity index (χ1v) is 6.88. The van der Waals surface area contributed by atoms with E-state index < -0.39 is 0 Å². The van der Waals surface area contributed by atoms with E-state index >= 15 is 0 Å². The summed E-state index contributed by atoms with van der Waals surface area (Å²) in [5.74, 6) is 0.957. The second-order valence-electron chi connectivity index (χ2n) is 5.04. The average Bonchev–Trinajstić information content (AvgIpc) is 3.18. The Balaban J connectivity index is 2.14. The minimum absolute atomic E-state index is 0.739. The van der Waals surface area contributed by atoms with E-state index in [1.165, 1.54) is 0 Å². The number of hydrogen-bond acceptors (Lipinski definition) is 4. The summed E-state index contributed by atoms with van der Waals surface area (Å²) < 4.78 is 9.80. The van der Waals surface area contributed by atoms with Crippen LogP contribution in [0.2, 0.25) is 0 Å². The lowest BCUT2D eigenvalue weighted by Gasteiger charge is -2.04. The summed E-state index contributed by atoms with van der Waals surface area (Å²) in [6, 6.07) is 10.1. The number of aryl methyl sites for hydroxylation is 1. The van der Waals surface area contributed by atoms with Gasteiger partial charge in [-0.1, -0.05) is 19.1 Å². The van der Waals surface area contributed by atoms with Crippen LogP contribution in [0.4, 0.5) is 0 Å². The first-order chi connectivity index (χ1) is 10.4. The van der Waals surface area contributed by atoms with Crippen LogP contribution >= 0.6 is 0 Å². The monoisotopic (exact) mass is 277 g/mol. The quantitative estimate of drug-likeness (QED) is 0.472. The molecule has 0 radical (unpaired) electrons. The summed E-state index contributed by atoms with van der Waals surface area (Å²) in [6.45, 7) is 2.09. The molecule has 0 aliphatic heterocycles. The van der Waals surface area contributed by atoms with Gasteiger partial charge in [0.05, 0.1) is 5.52 Å². The van der Waals surface area contributed by atoms with Crippen LogP contribution in [-0.2, 0) is 6.42 Å². The zero-order valence-corrected chi connectivity index (χ0v) is 11.3. The Morgan fingerprint density at radius 3 is 3.00 bits per heavy atom. The molecule has 4 heterocycles. The normalized spacial score (nSPS) is 12.2. The number of hydrogen-bond donors (Lipinski definition) is 0. The lowest BCUT2D eigenvalue weighted by atomic mass is 10.2. The van der Waals surface area contributed by atoms with Crippen molar-refractivity contribution in [2.45, 2.75) is 13.3 Å². The molecule has 21 heavy (non-hydrogen) atoms. The third-order valence-electron chi connectivity index (χ3n) is 3.88. The summed E-state index contributed by atoms with van der Waals surface area (Å²) in [4.78, 5) is 0. The molecule has 0 saturated carbocycles. The van der Waals surface area contributed by atoms with E-state index in [0.717, 1.165) is 45.5 Å². The van der Waals surface area contributed by atoms with Gasteiger partial charge in [-0.15, -0.1) is 10.2 Å². The average molecular weight is 277 g/mol. The van der Waals surface area contributed by atoms with Crippen LogP contribution in [0.15, 0.2) is 41.1 Å². The SMILES string of the molecule is CCc1nn2cnnc2c2cc3oc4ccccc4c3n12. The fraction of sp³-hybridized carbons (Fsp3) is 0.133. The number of furan rings is 1. The molecule has 6 nitrogen and oxygen atoms in total.